The molecular formula is C15H12F3NO3. The number of benzene rings is 2. The number of hydrogen-bond donors (Lipinski definition) is 1. The maximum atomic E-state index is 13.5. The van der Waals surface area contributed by atoms with Crippen molar-refractivity contribution in [1.29, 1.82) is 0 Å². The normalized spacial score (nSPS) is 10.4. The van der Waals surface area contributed by atoms with Crippen molar-refractivity contribution in [3.05, 3.63) is 53.8 Å². The predicted octanol–water partition coefficient (Wildman–Crippen LogP) is 3.69. The fraction of sp³-hybridized carbons (Fsp3) is 0.133. The van der Waals surface area contributed by atoms with Gasteiger partial charge in [0.15, 0.2) is 11.6 Å². The standard InChI is InChI=1S/C15H12F3NO3/c1-21-13-7-2-9(8-12(13)16)14(20)19-10-3-5-11(6-4-10)22-15(17)18/h2-8,15H,1H3,(H,19,20). The van der Waals surface area contributed by atoms with Crippen LogP contribution in [0.3, 0.4) is 0 Å². The van der Waals surface area contributed by atoms with Crippen LogP contribution in [0.4, 0.5) is 18.9 Å². The van der Waals surface area contributed by atoms with Gasteiger partial charge in [0.25, 0.3) is 5.91 Å². The van der Waals surface area contributed by atoms with Crippen molar-refractivity contribution in [2.24, 2.45) is 0 Å². The first kappa shape index (κ1) is 15.7. The highest BCUT2D eigenvalue weighted by molar-refractivity contribution is 6.04. The molecule has 0 aromatic heterocycles. The van der Waals surface area contributed by atoms with Gasteiger partial charge in [-0.15, -0.1) is 0 Å². The predicted molar refractivity (Wildman–Crippen MR) is 74.0 cm³/mol. The van der Waals surface area contributed by atoms with Crippen LogP contribution in [0.5, 0.6) is 11.5 Å². The summed E-state index contributed by atoms with van der Waals surface area (Å²) in [6.07, 6.45) is 0. The third-order valence-electron chi connectivity index (χ3n) is 2.75. The monoisotopic (exact) mass is 311 g/mol. The maximum Gasteiger partial charge on any atom is 0.387 e. The number of alkyl halides is 2. The summed E-state index contributed by atoms with van der Waals surface area (Å²) in [6.45, 7) is -2.91. The Morgan fingerprint density at radius 1 is 1.14 bits per heavy atom. The Morgan fingerprint density at radius 2 is 1.82 bits per heavy atom. The quantitative estimate of drug-likeness (QED) is 0.916. The number of rotatable bonds is 5. The molecule has 4 nitrogen and oxygen atoms in total. The zero-order valence-corrected chi connectivity index (χ0v) is 11.5. The molecule has 116 valence electrons. The molecule has 2 aromatic carbocycles. The Bertz CT molecular complexity index is 660. The summed E-state index contributed by atoms with van der Waals surface area (Å²) in [5.74, 6) is -1.19. The van der Waals surface area contributed by atoms with Gasteiger partial charge >= 0.3 is 6.61 Å². The van der Waals surface area contributed by atoms with Crippen molar-refractivity contribution in [2.75, 3.05) is 12.4 Å². The molecule has 2 aromatic rings. The molecule has 0 radical (unpaired) electrons. The average molecular weight is 311 g/mol. The minimum atomic E-state index is -2.91. The van der Waals surface area contributed by atoms with Crippen molar-refractivity contribution in [3.8, 4) is 11.5 Å². The fourth-order valence-electron chi connectivity index (χ4n) is 1.73. The van der Waals surface area contributed by atoms with Gasteiger partial charge in [0, 0.05) is 11.3 Å². The number of amides is 1. The summed E-state index contributed by atoms with van der Waals surface area (Å²) in [4.78, 5) is 12.0. The van der Waals surface area contributed by atoms with E-state index in [0.717, 1.165) is 6.07 Å². The van der Waals surface area contributed by atoms with Gasteiger partial charge < -0.3 is 14.8 Å². The molecule has 7 heteroatoms. The molecule has 0 aliphatic rings. The number of methoxy groups -OCH3 is 1. The zero-order valence-electron chi connectivity index (χ0n) is 11.5. The molecule has 0 bridgehead atoms. The van der Waals surface area contributed by atoms with Crippen LogP contribution in [0.2, 0.25) is 0 Å². The van der Waals surface area contributed by atoms with E-state index in [4.69, 9.17) is 4.74 Å². The van der Waals surface area contributed by atoms with Gasteiger partial charge in [-0.2, -0.15) is 8.78 Å². The molecule has 0 atom stereocenters. The first-order chi connectivity index (χ1) is 10.5. The molecule has 1 amide bonds. The molecule has 0 saturated carbocycles. The Hall–Kier alpha value is -2.70. The Morgan fingerprint density at radius 3 is 2.36 bits per heavy atom. The van der Waals surface area contributed by atoms with Gasteiger partial charge in [0.2, 0.25) is 0 Å². The largest absolute Gasteiger partial charge is 0.494 e. The van der Waals surface area contributed by atoms with Crippen LogP contribution in [0.15, 0.2) is 42.5 Å². The lowest BCUT2D eigenvalue weighted by Gasteiger charge is -2.08. The van der Waals surface area contributed by atoms with Gasteiger partial charge in [-0.25, -0.2) is 4.39 Å². The number of anilines is 1. The minimum absolute atomic E-state index is 0.0245. The SMILES string of the molecule is COc1ccc(C(=O)Nc2ccc(OC(F)F)cc2)cc1F. The smallest absolute Gasteiger partial charge is 0.387 e. The topological polar surface area (TPSA) is 47.6 Å². The van der Waals surface area contributed by atoms with Crippen molar-refractivity contribution in [2.45, 2.75) is 6.61 Å². The second kappa shape index (κ2) is 6.84. The van der Waals surface area contributed by atoms with E-state index < -0.39 is 18.3 Å². The molecule has 0 fully saturated rings. The first-order valence-electron chi connectivity index (χ1n) is 6.19. The Balaban J connectivity index is 2.06. The molecule has 2 rings (SSSR count). The van der Waals surface area contributed by atoms with E-state index in [9.17, 15) is 18.0 Å². The summed E-state index contributed by atoms with van der Waals surface area (Å²) in [7, 11) is 1.32. The van der Waals surface area contributed by atoms with E-state index in [-0.39, 0.29) is 17.1 Å². The maximum absolute atomic E-state index is 13.5. The van der Waals surface area contributed by atoms with E-state index in [1.807, 2.05) is 0 Å². The third-order valence-corrected chi connectivity index (χ3v) is 2.75. The third kappa shape index (κ3) is 3.91. The van der Waals surface area contributed by atoms with Crippen molar-refractivity contribution >= 4 is 11.6 Å². The summed E-state index contributed by atoms with van der Waals surface area (Å²) in [5, 5.41) is 2.51. The lowest BCUT2D eigenvalue weighted by Crippen LogP contribution is -2.12. The second-order valence-electron chi connectivity index (χ2n) is 4.21. The second-order valence-corrected chi connectivity index (χ2v) is 4.21. The van der Waals surface area contributed by atoms with Crippen molar-refractivity contribution in [3.63, 3.8) is 0 Å². The highest BCUT2D eigenvalue weighted by Crippen LogP contribution is 2.20. The number of halogens is 3. The van der Waals surface area contributed by atoms with E-state index in [0.29, 0.717) is 5.69 Å². The van der Waals surface area contributed by atoms with Gasteiger partial charge in [0.05, 0.1) is 7.11 Å². The van der Waals surface area contributed by atoms with E-state index in [2.05, 4.69) is 10.1 Å². The van der Waals surface area contributed by atoms with Gasteiger partial charge in [-0.3, -0.25) is 4.79 Å². The Labute approximate surface area is 124 Å². The number of nitrogens with one attached hydrogen (secondary N) is 1. The van der Waals surface area contributed by atoms with Crippen LogP contribution < -0.4 is 14.8 Å². The van der Waals surface area contributed by atoms with Crippen molar-refractivity contribution in [1.82, 2.24) is 0 Å². The average Bonchev–Trinajstić information content (AvgIpc) is 2.48. The van der Waals surface area contributed by atoms with Crippen molar-refractivity contribution < 1.29 is 27.4 Å². The lowest BCUT2D eigenvalue weighted by atomic mass is 10.2. The van der Waals surface area contributed by atoms with Gasteiger partial charge in [-0.05, 0) is 42.5 Å². The van der Waals surface area contributed by atoms with Crippen LogP contribution in [0, 0.1) is 5.82 Å². The van der Waals surface area contributed by atoms with E-state index in [1.165, 1.54) is 43.5 Å². The molecule has 22 heavy (non-hydrogen) atoms. The molecular weight excluding hydrogens is 299 g/mol. The first-order valence-corrected chi connectivity index (χ1v) is 6.19. The van der Waals surface area contributed by atoms with Gasteiger partial charge in [0.1, 0.15) is 5.75 Å². The van der Waals surface area contributed by atoms with Crippen LogP contribution >= 0.6 is 0 Å². The summed E-state index contributed by atoms with van der Waals surface area (Å²) < 4.78 is 46.5. The molecule has 1 N–H and O–H groups in total. The van der Waals surface area contributed by atoms with Crippen LogP contribution in [0.1, 0.15) is 10.4 Å². The van der Waals surface area contributed by atoms with Crippen LogP contribution in [-0.4, -0.2) is 19.6 Å². The molecule has 0 saturated heterocycles. The molecule has 0 unspecified atom stereocenters. The summed E-state index contributed by atoms with van der Waals surface area (Å²) in [6, 6.07) is 9.16. The summed E-state index contributed by atoms with van der Waals surface area (Å²) >= 11 is 0. The molecule has 0 heterocycles. The molecule has 0 aliphatic carbocycles. The zero-order chi connectivity index (χ0) is 16.1. The fourth-order valence-corrected chi connectivity index (χ4v) is 1.73. The number of hydrogen-bond acceptors (Lipinski definition) is 3. The molecule has 0 aliphatic heterocycles. The van der Waals surface area contributed by atoms with Crippen LogP contribution in [-0.2, 0) is 0 Å². The van der Waals surface area contributed by atoms with E-state index >= 15 is 0 Å². The summed E-state index contributed by atoms with van der Waals surface area (Å²) in [5.41, 5.74) is 0.467. The highest BCUT2D eigenvalue weighted by Gasteiger charge is 2.11. The van der Waals surface area contributed by atoms with E-state index in [1.54, 1.807) is 0 Å². The minimum Gasteiger partial charge on any atom is -0.494 e. The number of carbonyl (C=O) groups excluding carboxylic acids is 1. The highest BCUT2D eigenvalue weighted by atomic mass is 19.3. The number of ether oxygens (including phenoxy) is 2. The van der Waals surface area contributed by atoms with Crippen LogP contribution in [0.25, 0.3) is 0 Å². The lowest BCUT2D eigenvalue weighted by molar-refractivity contribution is -0.0498. The Kier molecular flexibility index (Phi) is 4.88. The number of carbonyl (C=O) groups is 1. The molecule has 0 spiro atoms. The van der Waals surface area contributed by atoms with Gasteiger partial charge in [-0.1, -0.05) is 0 Å².